The lowest BCUT2D eigenvalue weighted by Crippen LogP contribution is -2.16. The number of fused-ring (bicyclic) bond motifs is 1. The standard InChI is InChI=1S/C18H29N/c1-3-19-13-12-15(2)8-9-16-10-11-17-6-4-5-7-18(17)14-16/h10-11,14-15,19H,3-9,12-13H2,1-2H3. The summed E-state index contributed by atoms with van der Waals surface area (Å²) < 4.78 is 0. The van der Waals surface area contributed by atoms with Crippen LogP contribution in [0.2, 0.25) is 0 Å². The molecule has 1 unspecified atom stereocenters. The van der Waals surface area contributed by atoms with Crippen molar-refractivity contribution in [3.05, 3.63) is 34.9 Å². The lowest BCUT2D eigenvalue weighted by atomic mass is 9.89. The number of nitrogens with one attached hydrogen (secondary N) is 1. The molecule has 0 radical (unpaired) electrons. The van der Waals surface area contributed by atoms with Gasteiger partial charge in [0.1, 0.15) is 0 Å². The Morgan fingerprint density at radius 3 is 2.68 bits per heavy atom. The number of rotatable bonds is 7. The van der Waals surface area contributed by atoms with Crippen LogP contribution in [0, 0.1) is 5.92 Å². The third kappa shape index (κ3) is 4.65. The van der Waals surface area contributed by atoms with Crippen LogP contribution in [-0.2, 0) is 19.3 Å². The van der Waals surface area contributed by atoms with Crippen molar-refractivity contribution in [2.75, 3.05) is 13.1 Å². The van der Waals surface area contributed by atoms with E-state index in [1.165, 1.54) is 51.5 Å². The van der Waals surface area contributed by atoms with Crippen molar-refractivity contribution in [2.45, 2.75) is 58.8 Å². The maximum absolute atomic E-state index is 3.42. The smallest absolute Gasteiger partial charge is 0.00465 e. The number of hydrogen-bond acceptors (Lipinski definition) is 1. The summed E-state index contributed by atoms with van der Waals surface area (Å²) in [6.07, 6.45) is 9.25. The van der Waals surface area contributed by atoms with E-state index in [0.717, 1.165) is 12.5 Å². The Morgan fingerprint density at radius 2 is 1.89 bits per heavy atom. The van der Waals surface area contributed by atoms with Crippen LogP contribution < -0.4 is 5.32 Å². The third-order valence-corrected chi connectivity index (χ3v) is 4.40. The zero-order valence-corrected chi connectivity index (χ0v) is 12.7. The van der Waals surface area contributed by atoms with E-state index < -0.39 is 0 Å². The van der Waals surface area contributed by atoms with Crippen LogP contribution in [0.1, 0.15) is 56.2 Å². The Kier molecular flexibility index (Phi) is 5.91. The van der Waals surface area contributed by atoms with E-state index in [0.29, 0.717) is 0 Å². The Labute approximate surface area is 118 Å². The zero-order valence-electron chi connectivity index (χ0n) is 12.7. The van der Waals surface area contributed by atoms with E-state index in [9.17, 15) is 0 Å². The molecule has 1 heteroatoms. The third-order valence-electron chi connectivity index (χ3n) is 4.40. The van der Waals surface area contributed by atoms with Gasteiger partial charge in [0.2, 0.25) is 0 Å². The number of hydrogen-bond donors (Lipinski definition) is 1. The number of benzene rings is 1. The SMILES string of the molecule is CCNCCC(C)CCc1ccc2c(c1)CCCC2. The predicted octanol–water partition coefficient (Wildman–Crippen LogP) is 4.13. The first-order valence-corrected chi connectivity index (χ1v) is 8.11. The molecule has 1 aromatic rings. The van der Waals surface area contributed by atoms with Crippen LogP contribution in [0.25, 0.3) is 0 Å². The normalized spacial score (nSPS) is 16.1. The lowest BCUT2D eigenvalue weighted by Gasteiger charge is -2.17. The van der Waals surface area contributed by atoms with Gasteiger partial charge in [-0.05, 0) is 80.6 Å². The second-order valence-electron chi connectivity index (χ2n) is 6.10. The second-order valence-corrected chi connectivity index (χ2v) is 6.10. The first-order chi connectivity index (χ1) is 9.29. The molecule has 0 aliphatic heterocycles. The van der Waals surface area contributed by atoms with Crippen LogP contribution >= 0.6 is 0 Å². The highest BCUT2D eigenvalue weighted by Gasteiger charge is 2.10. The van der Waals surface area contributed by atoms with Crippen molar-refractivity contribution in [3.63, 3.8) is 0 Å². The van der Waals surface area contributed by atoms with Crippen LogP contribution in [-0.4, -0.2) is 13.1 Å². The molecule has 1 aromatic carbocycles. The fourth-order valence-electron chi connectivity index (χ4n) is 3.02. The van der Waals surface area contributed by atoms with Gasteiger partial charge >= 0.3 is 0 Å². The highest BCUT2D eigenvalue weighted by Crippen LogP contribution is 2.23. The molecule has 1 aliphatic rings. The summed E-state index contributed by atoms with van der Waals surface area (Å²) in [7, 11) is 0. The highest BCUT2D eigenvalue weighted by molar-refractivity contribution is 5.33. The van der Waals surface area contributed by atoms with E-state index in [4.69, 9.17) is 0 Å². The summed E-state index contributed by atoms with van der Waals surface area (Å²) in [5.74, 6) is 0.829. The van der Waals surface area contributed by atoms with Crippen molar-refractivity contribution in [2.24, 2.45) is 5.92 Å². The van der Waals surface area contributed by atoms with Crippen molar-refractivity contribution >= 4 is 0 Å². The summed E-state index contributed by atoms with van der Waals surface area (Å²) in [6.45, 7) is 6.83. The molecule has 0 bridgehead atoms. The topological polar surface area (TPSA) is 12.0 Å². The molecule has 1 N–H and O–H groups in total. The quantitative estimate of drug-likeness (QED) is 0.726. The van der Waals surface area contributed by atoms with Gasteiger partial charge in [-0.2, -0.15) is 0 Å². The van der Waals surface area contributed by atoms with Crippen molar-refractivity contribution < 1.29 is 0 Å². The molecule has 1 nitrogen and oxygen atoms in total. The zero-order chi connectivity index (χ0) is 13.5. The van der Waals surface area contributed by atoms with E-state index >= 15 is 0 Å². The minimum absolute atomic E-state index is 0.829. The van der Waals surface area contributed by atoms with Crippen molar-refractivity contribution in [1.82, 2.24) is 5.32 Å². The summed E-state index contributed by atoms with van der Waals surface area (Å²) in [4.78, 5) is 0. The molecule has 19 heavy (non-hydrogen) atoms. The first-order valence-electron chi connectivity index (χ1n) is 8.11. The van der Waals surface area contributed by atoms with Crippen LogP contribution in [0.4, 0.5) is 0 Å². The van der Waals surface area contributed by atoms with E-state index in [2.05, 4.69) is 37.4 Å². The van der Waals surface area contributed by atoms with E-state index in [1.54, 1.807) is 16.7 Å². The molecule has 0 spiro atoms. The second kappa shape index (κ2) is 7.69. The highest BCUT2D eigenvalue weighted by atomic mass is 14.8. The average molecular weight is 259 g/mol. The fraction of sp³-hybridized carbons (Fsp3) is 0.667. The van der Waals surface area contributed by atoms with Gasteiger partial charge in [-0.1, -0.05) is 32.0 Å². The van der Waals surface area contributed by atoms with E-state index in [-0.39, 0.29) is 0 Å². The molecule has 0 amide bonds. The van der Waals surface area contributed by atoms with Crippen molar-refractivity contribution in [3.8, 4) is 0 Å². The molecular weight excluding hydrogens is 230 g/mol. The molecule has 0 heterocycles. The summed E-state index contributed by atoms with van der Waals surface area (Å²) in [6, 6.07) is 7.22. The molecule has 1 atom stereocenters. The Morgan fingerprint density at radius 1 is 1.11 bits per heavy atom. The molecule has 106 valence electrons. The minimum Gasteiger partial charge on any atom is -0.317 e. The Bertz CT molecular complexity index is 383. The van der Waals surface area contributed by atoms with Gasteiger partial charge in [0.25, 0.3) is 0 Å². The van der Waals surface area contributed by atoms with Gasteiger partial charge in [0, 0.05) is 0 Å². The summed E-state index contributed by atoms with van der Waals surface area (Å²) >= 11 is 0. The Hall–Kier alpha value is -0.820. The average Bonchev–Trinajstić information content (AvgIpc) is 2.45. The largest absolute Gasteiger partial charge is 0.317 e. The maximum Gasteiger partial charge on any atom is -0.00465 e. The van der Waals surface area contributed by atoms with Gasteiger partial charge in [-0.3, -0.25) is 0 Å². The van der Waals surface area contributed by atoms with Crippen molar-refractivity contribution in [1.29, 1.82) is 0 Å². The molecule has 1 aliphatic carbocycles. The minimum atomic E-state index is 0.829. The van der Waals surface area contributed by atoms with E-state index in [1.807, 2.05) is 0 Å². The van der Waals surface area contributed by atoms with Gasteiger partial charge < -0.3 is 5.32 Å². The molecule has 0 saturated carbocycles. The fourth-order valence-corrected chi connectivity index (χ4v) is 3.02. The lowest BCUT2D eigenvalue weighted by molar-refractivity contribution is 0.474. The summed E-state index contributed by atoms with van der Waals surface area (Å²) in [5, 5.41) is 3.42. The van der Waals surface area contributed by atoms with Gasteiger partial charge in [-0.25, -0.2) is 0 Å². The van der Waals surface area contributed by atoms with Gasteiger partial charge in [0.05, 0.1) is 0 Å². The maximum atomic E-state index is 3.42. The van der Waals surface area contributed by atoms with Crippen LogP contribution in [0.15, 0.2) is 18.2 Å². The van der Waals surface area contributed by atoms with Gasteiger partial charge in [-0.15, -0.1) is 0 Å². The molecule has 0 fully saturated rings. The van der Waals surface area contributed by atoms with Crippen LogP contribution in [0.3, 0.4) is 0 Å². The Balaban J connectivity index is 1.79. The molecule has 0 saturated heterocycles. The molecular formula is C18H29N. The van der Waals surface area contributed by atoms with Crippen LogP contribution in [0.5, 0.6) is 0 Å². The molecule has 2 rings (SSSR count). The monoisotopic (exact) mass is 259 g/mol. The first kappa shape index (κ1) is 14.6. The van der Waals surface area contributed by atoms with Gasteiger partial charge in [0.15, 0.2) is 0 Å². The molecule has 0 aromatic heterocycles. The number of aryl methyl sites for hydroxylation is 3. The predicted molar refractivity (Wildman–Crippen MR) is 83.7 cm³/mol. The summed E-state index contributed by atoms with van der Waals surface area (Å²) in [5.41, 5.74) is 4.79.